The molecule has 1 atom stereocenters. The van der Waals surface area contributed by atoms with E-state index in [9.17, 15) is 4.79 Å². The second kappa shape index (κ2) is 7.27. The Hall–Kier alpha value is -0.810. The summed E-state index contributed by atoms with van der Waals surface area (Å²) in [6.45, 7) is 9.14. The van der Waals surface area contributed by atoms with Crippen LogP contribution in [0.3, 0.4) is 0 Å². The van der Waals surface area contributed by atoms with Crippen LogP contribution >= 0.6 is 15.9 Å². The van der Waals surface area contributed by atoms with Crippen LogP contribution in [0.25, 0.3) is 0 Å². The molecule has 1 saturated heterocycles. The molecule has 1 aliphatic heterocycles. The molecule has 1 amide bonds. The van der Waals surface area contributed by atoms with E-state index in [-0.39, 0.29) is 5.91 Å². The quantitative estimate of drug-likeness (QED) is 0.893. The minimum absolute atomic E-state index is 0.0163. The summed E-state index contributed by atoms with van der Waals surface area (Å²) >= 11 is 3.42. The first-order valence-electron chi connectivity index (χ1n) is 7.46. The lowest BCUT2D eigenvalue weighted by Gasteiger charge is -2.30. The first-order valence-corrected chi connectivity index (χ1v) is 8.25. The first kappa shape index (κ1) is 15.6. The zero-order valence-electron chi connectivity index (χ0n) is 12.4. The fraction of sp³-hybridized carbons (Fsp3) is 0.667. The summed E-state index contributed by atoms with van der Waals surface area (Å²) in [5.41, 5.74) is 0.728. The number of hydrogen-bond donors (Lipinski definition) is 1. The van der Waals surface area contributed by atoms with Crippen LogP contribution in [0.5, 0.6) is 0 Å². The zero-order valence-corrected chi connectivity index (χ0v) is 13.9. The van der Waals surface area contributed by atoms with Gasteiger partial charge in [0, 0.05) is 36.8 Å². The van der Waals surface area contributed by atoms with E-state index < -0.39 is 0 Å². The maximum Gasteiger partial charge on any atom is 0.267 e. The topological polar surface area (TPSA) is 37.3 Å². The number of amides is 1. The van der Waals surface area contributed by atoms with E-state index in [0.717, 1.165) is 48.8 Å². The largest absolute Gasteiger partial charge is 0.349 e. The highest BCUT2D eigenvalue weighted by atomic mass is 79.9. The molecule has 2 rings (SSSR count). The van der Waals surface area contributed by atoms with Crippen molar-refractivity contribution in [1.29, 1.82) is 0 Å². The molecular weight excluding hydrogens is 318 g/mol. The van der Waals surface area contributed by atoms with Gasteiger partial charge in [-0.05, 0) is 54.2 Å². The third-order valence-electron chi connectivity index (χ3n) is 3.89. The van der Waals surface area contributed by atoms with E-state index >= 15 is 0 Å². The Bertz CT molecular complexity index is 458. The van der Waals surface area contributed by atoms with E-state index in [2.05, 4.69) is 33.1 Å². The van der Waals surface area contributed by atoms with E-state index in [1.165, 1.54) is 12.8 Å². The van der Waals surface area contributed by atoms with Gasteiger partial charge in [0.2, 0.25) is 0 Å². The van der Waals surface area contributed by atoms with Crippen molar-refractivity contribution in [2.45, 2.75) is 33.2 Å². The number of aromatic nitrogens is 1. The summed E-state index contributed by atoms with van der Waals surface area (Å²) in [6.07, 6.45) is 4.56. The molecule has 0 spiro atoms. The number of nitrogens with one attached hydrogen (secondary N) is 1. The number of carbonyl (C=O) groups is 1. The monoisotopic (exact) mass is 341 g/mol. The Balaban J connectivity index is 1.80. The summed E-state index contributed by atoms with van der Waals surface area (Å²) in [5, 5.41) is 3.03. The average molecular weight is 342 g/mol. The van der Waals surface area contributed by atoms with Crippen LogP contribution in [-0.2, 0) is 6.54 Å². The number of hydrogen-bond acceptors (Lipinski definition) is 2. The van der Waals surface area contributed by atoms with Crippen LogP contribution in [0.2, 0.25) is 0 Å². The van der Waals surface area contributed by atoms with Crippen LogP contribution in [0.15, 0.2) is 16.7 Å². The Kier molecular flexibility index (Phi) is 5.66. The van der Waals surface area contributed by atoms with Crippen LogP contribution in [0.4, 0.5) is 0 Å². The van der Waals surface area contributed by atoms with Gasteiger partial charge in [0.15, 0.2) is 0 Å². The Morgan fingerprint density at radius 1 is 1.55 bits per heavy atom. The molecule has 20 heavy (non-hydrogen) atoms. The molecule has 4 nitrogen and oxygen atoms in total. The summed E-state index contributed by atoms with van der Waals surface area (Å²) in [4.78, 5) is 14.6. The predicted molar refractivity (Wildman–Crippen MR) is 85.0 cm³/mol. The lowest BCUT2D eigenvalue weighted by molar-refractivity contribution is 0.0934. The molecule has 0 bridgehead atoms. The van der Waals surface area contributed by atoms with Crippen LogP contribution < -0.4 is 5.32 Å². The summed E-state index contributed by atoms with van der Waals surface area (Å²) in [7, 11) is 0. The number of carbonyl (C=O) groups excluding carboxylic acids is 1. The van der Waals surface area contributed by atoms with Crippen LogP contribution in [0, 0.1) is 5.92 Å². The Morgan fingerprint density at radius 3 is 3.05 bits per heavy atom. The highest BCUT2D eigenvalue weighted by Crippen LogP contribution is 2.16. The smallest absolute Gasteiger partial charge is 0.267 e. The molecule has 1 aromatic heterocycles. The number of likely N-dealkylation sites (tertiary alicyclic amines) is 1. The van der Waals surface area contributed by atoms with Gasteiger partial charge >= 0.3 is 0 Å². The van der Waals surface area contributed by atoms with E-state index in [1.54, 1.807) is 0 Å². The van der Waals surface area contributed by atoms with Gasteiger partial charge in [0.25, 0.3) is 5.91 Å². The van der Waals surface area contributed by atoms with Crippen molar-refractivity contribution in [3.8, 4) is 0 Å². The van der Waals surface area contributed by atoms with Gasteiger partial charge in [-0.15, -0.1) is 0 Å². The van der Waals surface area contributed by atoms with Crippen LogP contribution in [0.1, 0.15) is 37.2 Å². The molecule has 2 heterocycles. The lowest BCUT2D eigenvalue weighted by Crippen LogP contribution is -2.40. The minimum Gasteiger partial charge on any atom is -0.349 e. The highest BCUT2D eigenvalue weighted by molar-refractivity contribution is 9.10. The van der Waals surface area contributed by atoms with Gasteiger partial charge in [-0.25, -0.2) is 0 Å². The van der Waals surface area contributed by atoms with Crippen molar-refractivity contribution in [3.05, 3.63) is 22.4 Å². The predicted octanol–water partition coefficient (Wildman–Crippen LogP) is 2.73. The first-order chi connectivity index (χ1) is 9.60. The molecule has 0 saturated carbocycles. The highest BCUT2D eigenvalue weighted by Gasteiger charge is 2.16. The minimum atomic E-state index is 0.0163. The van der Waals surface area contributed by atoms with Gasteiger partial charge in [-0.1, -0.05) is 6.92 Å². The fourth-order valence-electron chi connectivity index (χ4n) is 2.83. The molecule has 0 aliphatic carbocycles. The molecule has 0 radical (unpaired) electrons. The number of nitrogens with zero attached hydrogens (tertiary/aromatic N) is 2. The van der Waals surface area contributed by atoms with E-state index in [0.29, 0.717) is 0 Å². The zero-order chi connectivity index (χ0) is 14.5. The Morgan fingerprint density at radius 2 is 2.35 bits per heavy atom. The van der Waals surface area contributed by atoms with E-state index in [4.69, 9.17) is 0 Å². The molecule has 1 fully saturated rings. The summed E-state index contributed by atoms with van der Waals surface area (Å²) < 4.78 is 2.91. The lowest BCUT2D eigenvalue weighted by atomic mass is 10.0. The fourth-order valence-corrected chi connectivity index (χ4v) is 3.30. The number of aryl methyl sites for hydroxylation is 1. The average Bonchev–Trinajstić information content (AvgIpc) is 2.80. The van der Waals surface area contributed by atoms with Crippen LogP contribution in [-0.4, -0.2) is 41.6 Å². The second-order valence-electron chi connectivity index (χ2n) is 5.63. The molecular formula is C15H24BrN3O. The van der Waals surface area contributed by atoms with Crippen molar-refractivity contribution in [3.63, 3.8) is 0 Å². The number of rotatable bonds is 5. The van der Waals surface area contributed by atoms with Gasteiger partial charge in [-0.2, -0.15) is 0 Å². The molecule has 5 heteroatoms. The van der Waals surface area contributed by atoms with Gasteiger partial charge in [0.05, 0.1) is 0 Å². The third kappa shape index (κ3) is 4.09. The molecule has 1 unspecified atom stereocenters. The third-order valence-corrected chi connectivity index (χ3v) is 4.32. The van der Waals surface area contributed by atoms with Gasteiger partial charge in [0.1, 0.15) is 5.69 Å². The van der Waals surface area contributed by atoms with E-state index in [1.807, 2.05) is 23.8 Å². The maximum atomic E-state index is 12.2. The maximum absolute atomic E-state index is 12.2. The van der Waals surface area contributed by atoms with Gasteiger partial charge in [-0.3, -0.25) is 4.79 Å². The number of halogens is 1. The molecule has 112 valence electrons. The molecule has 0 aromatic carbocycles. The van der Waals surface area contributed by atoms with Crippen molar-refractivity contribution < 1.29 is 4.79 Å². The van der Waals surface area contributed by atoms with Crippen molar-refractivity contribution in [2.75, 3.05) is 26.2 Å². The Labute approximate surface area is 129 Å². The van der Waals surface area contributed by atoms with Gasteiger partial charge < -0.3 is 14.8 Å². The second-order valence-corrected chi connectivity index (χ2v) is 6.55. The summed E-state index contributed by atoms with van der Waals surface area (Å²) in [6, 6.07) is 1.88. The van der Waals surface area contributed by atoms with Crippen molar-refractivity contribution in [2.24, 2.45) is 5.92 Å². The molecule has 1 aliphatic rings. The van der Waals surface area contributed by atoms with Crippen molar-refractivity contribution >= 4 is 21.8 Å². The summed E-state index contributed by atoms with van der Waals surface area (Å²) in [5.74, 6) is 0.801. The number of piperidine rings is 1. The molecule has 1 N–H and O–H groups in total. The normalized spacial score (nSPS) is 20.1. The van der Waals surface area contributed by atoms with Crippen molar-refractivity contribution in [1.82, 2.24) is 14.8 Å². The standard InChI is InChI=1S/C15H24BrN3O/c1-3-19-11-13(16)9-14(19)15(20)17-6-8-18-7-4-5-12(2)10-18/h9,11-12H,3-8,10H2,1-2H3,(H,17,20). The molecule has 1 aromatic rings. The SMILES string of the molecule is CCn1cc(Br)cc1C(=O)NCCN1CCCC(C)C1.